The molecule has 8 nitrogen and oxygen atoms in total. The number of hydrogen-bond donors (Lipinski definition) is 1. The lowest BCUT2D eigenvalue weighted by molar-refractivity contribution is -0.236. The van der Waals surface area contributed by atoms with Crippen LogP contribution >= 0.6 is 0 Å². The fourth-order valence-corrected chi connectivity index (χ4v) is 2.97. The van der Waals surface area contributed by atoms with Gasteiger partial charge >= 0.3 is 0 Å². The molecule has 23 heavy (non-hydrogen) atoms. The Bertz CT molecular complexity index is 530. The smallest absolute Gasteiger partial charge is 0.239 e. The van der Waals surface area contributed by atoms with Gasteiger partial charge in [-0.25, -0.2) is 5.43 Å². The van der Waals surface area contributed by atoms with Crippen LogP contribution < -0.4 is 5.43 Å². The van der Waals surface area contributed by atoms with Crippen LogP contribution in [0.3, 0.4) is 0 Å². The van der Waals surface area contributed by atoms with Gasteiger partial charge in [0.2, 0.25) is 11.7 Å². The standard InChI is InChI=1S/C15H24N2O6/c1-6-10(18)16-17-12-11-9(21-14(4,5)22-11)7-19-15(12)8-20-13(2,3)23-15/h9,11H,6-8H2,1-5H3,(H,16,18)/b17-12+/t9-,11-,15-/m1/s1. The van der Waals surface area contributed by atoms with Gasteiger partial charge in [-0.15, -0.1) is 0 Å². The van der Waals surface area contributed by atoms with Crippen molar-refractivity contribution in [2.24, 2.45) is 5.10 Å². The molecule has 1 amide bonds. The molecule has 3 fully saturated rings. The second-order valence-corrected chi connectivity index (χ2v) is 6.83. The van der Waals surface area contributed by atoms with Crippen molar-refractivity contribution in [1.82, 2.24) is 5.43 Å². The Balaban J connectivity index is 1.92. The molecule has 0 aromatic carbocycles. The Morgan fingerprint density at radius 2 is 1.96 bits per heavy atom. The summed E-state index contributed by atoms with van der Waals surface area (Å²) in [5.41, 5.74) is 2.96. The third-order valence-corrected chi connectivity index (χ3v) is 3.97. The van der Waals surface area contributed by atoms with Crippen LogP contribution in [0.4, 0.5) is 0 Å². The van der Waals surface area contributed by atoms with Gasteiger partial charge in [-0.05, 0) is 27.7 Å². The second kappa shape index (κ2) is 5.49. The van der Waals surface area contributed by atoms with Crippen molar-refractivity contribution in [2.45, 2.75) is 70.6 Å². The van der Waals surface area contributed by atoms with Crippen molar-refractivity contribution >= 4 is 11.6 Å². The summed E-state index contributed by atoms with van der Waals surface area (Å²) in [6, 6.07) is 0. The summed E-state index contributed by atoms with van der Waals surface area (Å²) in [6.07, 6.45) is -0.446. The van der Waals surface area contributed by atoms with Crippen molar-refractivity contribution in [3.05, 3.63) is 0 Å². The third-order valence-electron chi connectivity index (χ3n) is 3.97. The Morgan fingerprint density at radius 1 is 1.22 bits per heavy atom. The van der Waals surface area contributed by atoms with E-state index < -0.39 is 23.5 Å². The van der Waals surface area contributed by atoms with E-state index in [1.807, 2.05) is 13.8 Å². The number of hydrogen-bond acceptors (Lipinski definition) is 7. The highest BCUT2D eigenvalue weighted by Gasteiger charge is 2.61. The topological polar surface area (TPSA) is 87.6 Å². The van der Waals surface area contributed by atoms with E-state index in [4.69, 9.17) is 23.7 Å². The minimum absolute atomic E-state index is 0.174. The summed E-state index contributed by atoms with van der Waals surface area (Å²) < 4.78 is 29.3. The molecule has 3 aliphatic rings. The van der Waals surface area contributed by atoms with E-state index in [-0.39, 0.29) is 18.6 Å². The molecule has 1 N–H and O–H groups in total. The lowest BCUT2D eigenvalue weighted by Gasteiger charge is -2.38. The predicted octanol–water partition coefficient (Wildman–Crippen LogP) is 0.898. The molecule has 1 spiro atoms. The lowest BCUT2D eigenvalue weighted by Crippen LogP contribution is -2.59. The van der Waals surface area contributed by atoms with Crippen LogP contribution in [0.1, 0.15) is 41.0 Å². The molecule has 3 heterocycles. The quantitative estimate of drug-likeness (QED) is 0.758. The predicted molar refractivity (Wildman–Crippen MR) is 79.5 cm³/mol. The first kappa shape index (κ1) is 16.8. The minimum Gasteiger partial charge on any atom is -0.344 e. The van der Waals surface area contributed by atoms with Crippen molar-refractivity contribution in [1.29, 1.82) is 0 Å². The monoisotopic (exact) mass is 328 g/mol. The summed E-state index contributed by atoms with van der Waals surface area (Å²) >= 11 is 0. The zero-order valence-corrected chi connectivity index (χ0v) is 14.2. The van der Waals surface area contributed by atoms with Crippen LogP contribution in [0.15, 0.2) is 5.10 Å². The zero-order chi connectivity index (χ0) is 16.9. The molecule has 3 aliphatic heterocycles. The van der Waals surface area contributed by atoms with Gasteiger partial charge in [-0.2, -0.15) is 5.10 Å². The molecule has 0 radical (unpaired) electrons. The summed E-state index contributed by atoms with van der Waals surface area (Å²) in [6.45, 7) is 9.49. The van der Waals surface area contributed by atoms with Gasteiger partial charge in [-0.3, -0.25) is 4.79 Å². The Morgan fingerprint density at radius 3 is 2.57 bits per heavy atom. The largest absolute Gasteiger partial charge is 0.344 e. The molecule has 3 rings (SSSR count). The number of nitrogens with zero attached hydrogens (tertiary/aromatic N) is 1. The first-order valence-electron chi connectivity index (χ1n) is 7.87. The number of hydrazone groups is 1. The van der Waals surface area contributed by atoms with Crippen LogP contribution in [-0.4, -0.2) is 54.4 Å². The van der Waals surface area contributed by atoms with Gasteiger partial charge in [-0.1, -0.05) is 6.92 Å². The van der Waals surface area contributed by atoms with Gasteiger partial charge in [0.15, 0.2) is 11.6 Å². The van der Waals surface area contributed by atoms with E-state index in [0.29, 0.717) is 18.7 Å². The molecular formula is C15H24N2O6. The first-order chi connectivity index (χ1) is 10.7. The number of carbonyl (C=O) groups excluding carboxylic acids is 1. The molecular weight excluding hydrogens is 304 g/mol. The highest BCUT2D eigenvalue weighted by atomic mass is 16.8. The molecule has 3 atom stereocenters. The van der Waals surface area contributed by atoms with E-state index in [1.165, 1.54) is 0 Å². The highest BCUT2D eigenvalue weighted by molar-refractivity contribution is 5.97. The Labute approximate surface area is 135 Å². The van der Waals surface area contributed by atoms with Crippen LogP contribution in [-0.2, 0) is 28.5 Å². The van der Waals surface area contributed by atoms with Gasteiger partial charge in [0, 0.05) is 6.42 Å². The summed E-state index contributed by atoms with van der Waals surface area (Å²) in [5.74, 6) is -2.94. The highest BCUT2D eigenvalue weighted by Crippen LogP contribution is 2.42. The van der Waals surface area contributed by atoms with E-state index in [2.05, 4.69) is 10.5 Å². The number of amides is 1. The maximum absolute atomic E-state index is 11.6. The fourth-order valence-electron chi connectivity index (χ4n) is 2.97. The van der Waals surface area contributed by atoms with Crippen molar-refractivity contribution in [3.8, 4) is 0 Å². The van der Waals surface area contributed by atoms with E-state index >= 15 is 0 Å². The first-order valence-corrected chi connectivity index (χ1v) is 7.87. The van der Waals surface area contributed by atoms with Crippen LogP contribution in [0.2, 0.25) is 0 Å². The van der Waals surface area contributed by atoms with E-state index in [9.17, 15) is 4.79 Å². The number of nitrogens with one attached hydrogen (secondary N) is 1. The average molecular weight is 328 g/mol. The SMILES string of the molecule is CCC(=O)N/N=C1\[C@@H]2OC(C)(C)O[C@@H]2CO[C@@]12COC(C)(C)O2. The molecule has 8 heteroatoms. The third kappa shape index (κ3) is 3.14. The average Bonchev–Trinajstić information content (AvgIpc) is 2.93. The summed E-state index contributed by atoms with van der Waals surface area (Å²) in [7, 11) is 0. The molecule has 0 unspecified atom stereocenters. The zero-order valence-electron chi connectivity index (χ0n) is 14.2. The van der Waals surface area contributed by atoms with Gasteiger partial charge in [0.25, 0.3) is 0 Å². The summed E-state index contributed by atoms with van der Waals surface area (Å²) in [5, 5.41) is 4.25. The number of ether oxygens (including phenoxy) is 5. The minimum atomic E-state index is -1.17. The lowest BCUT2D eigenvalue weighted by atomic mass is 9.98. The Hall–Kier alpha value is -1.06. The van der Waals surface area contributed by atoms with Gasteiger partial charge < -0.3 is 23.7 Å². The van der Waals surface area contributed by atoms with Gasteiger partial charge in [0.05, 0.1) is 6.61 Å². The van der Waals surface area contributed by atoms with Crippen molar-refractivity contribution in [2.75, 3.05) is 13.2 Å². The van der Waals surface area contributed by atoms with E-state index in [1.54, 1.807) is 20.8 Å². The summed E-state index contributed by atoms with van der Waals surface area (Å²) in [4.78, 5) is 11.6. The van der Waals surface area contributed by atoms with Crippen LogP contribution in [0, 0.1) is 0 Å². The van der Waals surface area contributed by atoms with Crippen molar-refractivity contribution in [3.63, 3.8) is 0 Å². The second-order valence-electron chi connectivity index (χ2n) is 6.83. The maximum atomic E-state index is 11.6. The fraction of sp³-hybridized carbons (Fsp3) is 0.867. The van der Waals surface area contributed by atoms with E-state index in [0.717, 1.165) is 0 Å². The molecule has 0 bridgehead atoms. The Kier molecular flexibility index (Phi) is 4.01. The van der Waals surface area contributed by atoms with Crippen LogP contribution in [0.5, 0.6) is 0 Å². The maximum Gasteiger partial charge on any atom is 0.239 e. The number of fused-ring (bicyclic) bond motifs is 1. The van der Waals surface area contributed by atoms with Gasteiger partial charge in [0.1, 0.15) is 24.5 Å². The van der Waals surface area contributed by atoms with Crippen molar-refractivity contribution < 1.29 is 28.5 Å². The molecule has 0 aromatic heterocycles. The molecule has 0 aliphatic carbocycles. The molecule has 3 saturated heterocycles. The molecule has 0 aromatic rings. The number of rotatable bonds is 2. The molecule has 130 valence electrons. The normalized spacial score (nSPS) is 39.6. The number of carbonyl (C=O) groups is 1. The van der Waals surface area contributed by atoms with Crippen LogP contribution in [0.25, 0.3) is 0 Å². The molecule has 0 saturated carbocycles.